The van der Waals surface area contributed by atoms with Gasteiger partial charge in [0.2, 0.25) is 0 Å². The van der Waals surface area contributed by atoms with E-state index in [2.05, 4.69) is 40.1 Å². The van der Waals surface area contributed by atoms with E-state index < -0.39 is 0 Å². The topological polar surface area (TPSA) is 58.4 Å². The van der Waals surface area contributed by atoms with Crippen molar-refractivity contribution >= 4 is 27.3 Å². The Kier molecular flexibility index (Phi) is 3.87. The number of nitro benzene ring substituents is 1. The molecule has 0 aromatic heterocycles. The number of rotatable bonds is 3. The minimum Gasteiger partial charge on any atom is -0.375 e. The van der Waals surface area contributed by atoms with Gasteiger partial charge in [0.1, 0.15) is 5.69 Å². The van der Waals surface area contributed by atoms with Crippen molar-refractivity contribution < 1.29 is 4.92 Å². The molecule has 1 aromatic carbocycles. The third kappa shape index (κ3) is 2.81. The molecule has 1 aliphatic rings. The minimum absolute atomic E-state index is 0.117. The normalized spacial score (nSPS) is 24.2. The van der Waals surface area contributed by atoms with Crippen molar-refractivity contribution in [3.63, 3.8) is 0 Å². The zero-order valence-electron chi connectivity index (χ0n) is 10.4. The largest absolute Gasteiger partial charge is 0.375 e. The van der Waals surface area contributed by atoms with Crippen LogP contribution in [0, 0.1) is 10.1 Å². The van der Waals surface area contributed by atoms with Crippen LogP contribution >= 0.6 is 15.9 Å². The Labute approximate surface area is 114 Å². The van der Waals surface area contributed by atoms with Crippen LogP contribution in [-0.4, -0.2) is 35.5 Å². The van der Waals surface area contributed by atoms with Crippen LogP contribution in [0.3, 0.4) is 0 Å². The molecule has 0 saturated carbocycles. The van der Waals surface area contributed by atoms with Gasteiger partial charge in [0.25, 0.3) is 5.69 Å². The average molecular weight is 314 g/mol. The number of halogens is 1. The highest BCUT2D eigenvalue weighted by Crippen LogP contribution is 2.30. The van der Waals surface area contributed by atoms with Gasteiger partial charge >= 0.3 is 0 Å². The van der Waals surface area contributed by atoms with Gasteiger partial charge in [0, 0.05) is 29.2 Å². The molecule has 0 radical (unpaired) electrons. The fourth-order valence-electron chi connectivity index (χ4n) is 2.30. The van der Waals surface area contributed by atoms with Gasteiger partial charge in [-0.15, -0.1) is 0 Å². The molecule has 0 amide bonds. The van der Waals surface area contributed by atoms with Crippen molar-refractivity contribution in [1.82, 2.24) is 4.90 Å². The molecule has 2 rings (SSSR count). The van der Waals surface area contributed by atoms with E-state index in [1.54, 1.807) is 6.07 Å². The first-order valence-electron chi connectivity index (χ1n) is 5.88. The van der Waals surface area contributed by atoms with Crippen LogP contribution in [0.2, 0.25) is 0 Å². The number of nitro groups is 1. The van der Waals surface area contributed by atoms with E-state index in [-0.39, 0.29) is 16.7 Å². The standard InChI is InChI=1S/C12H16BrN3O2/c1-8-5-10(7-15(8)2)14-11-4-3-9(13)6-12(11)16(17)18/h3-4,6,8,10,14H,5,7H2,1-2H3. The second-order valence-corrected chi connectivity index (χ2v) is 5.70. The molecule has 2 atom stereocenters. The minimum atomic E-state index is -0.352. The Hall–Kier alpha value is -1.14. The van der Waals surface area contributed by atoms with E-state index in [9.17, 15) is 10.1 Å². The fourth-order valence-corrected chi connectivity index (χ4v) is 2.65. The smallest absolute Gasteiger partial charge is 0.293 e. The summed E-state index contributed by atoms with van der Waals surface area (Å²) in [6.45, 7) is 3.08. The highest BCUT2D eigenvalue weighted by molar-refractivity contribution is 9.10. The molecule has 5 nitrogen and oxygen atoms in total. The first-order valence-corrected chi connectivity index (χ1v) is 6.67. The van der Waals surface area contributed by atoms with Crippen molar-refractivity contribution in [3.05, 3.63) is 32.8 Å². The molecule has 6 heteroatoms. The highest BCUT2D eigenvalue weighted by Gasteiger charge is 2.27. The van der Waals surface area contributed by atoms with Gasteiger partial charge in [-0.05, 0) is 32.5 Å². The van der Waals surface area contributed by atoms with E-state index in [0.29, 0.717) is 11.7 Å². The van der Waals surface area contributed by atoms with Crippen molar-refractivity contribution in [2.24, 2.45) is 0 Å². The van der Waals surface area contributed by atoms with E-state index in [1.807, 2.05) is 6.07 Å². The summed E-state index contributed by atoms with van der Waals surface area (Å²) in [6, 6.07) is 5.88. The molecular formula is C12H16BrN3O2. The Morgan fingerprint density at radius 1 is 1.56 bits per heavy atom. The van der Waals surface area contributed by atoms with Gasteiger partial charge < -0.3 is 10.2 Å². The molecule has 1 saturated heterocycles. The van der Waals surface area contributed by atoms with E-state index >= 15 is 0 Å². The molecule has 1 aromatic rings. The van der Waals surface area contributed by atoms with Crippen molar-refractivity contribution in [2.75, 3.05) is 18.9 Å². The number of nitrogens with one attached hydrogen (secondary N) is 1. The molecule has 2 unspecified atom stereocenters. The van der Waals surface area contributed by atoms with Crippen LogP contribution in [0.1, 0.15) is 13.3 Å². The predicted octanol–water partition coefficient (Wildman–Crippen LogP) is 2.86. The Balaban J connectivity index is 2.17. The SMILES string of the molecule is CC1CC(Nc2ccc(Br)cc2[N+](=O)[O-])CN1C. The molecule has 1 fully saturated rings. The predicted molar refractivity (Wildman–Crippen MR) is 74.9 cm³/mol. The summed E-state index contributed by atoms with van der Waals surface area (Å²) in [5.41, 5.74) is 0.710. The number of hydrogen-bond donors (Lipinski definition) is 1. The maximum Gasteiger partial charge on any atom is 0.293 e. The maximum atomic E-state index is 11.0. The van der Waals surface area contributed by atoms with Crippen LogP contribution in [0.15, 0.2) is 22.7 Å². The van der Waals surface area contributed by atoms with Crippen LogP contribution in [0.25, 0.3) is 0 Å². The number of anilines is 1. The van der Waals surface area contributed by atoms with Gasteiger partial charge in [-0.3, -0.25) is 10.1 Å². The first-order chi connectivity index (χ1) is 8.47. The summed E-state index contributed by atoms with van der Waals surface area (Å²) < 4.78 is 0.719. The Morgan fingerprint density at radius 2 is 2.28 bits per heavy atom. The van der Waals surface area contributed by atoms with Gasteiger partial charge in [0.15, 0.2) is 0 Å². The van der Waals surface area contributed by atoms with Crippen LogP contribution in [0.5, 0.6) is 0 Å². The monoisotopic (exact) mass is 313 g/mol. The van der Waals surface area contributed by atoms with Crippen LogP contribution in [-0.2, 0) is 0 Å². The molecular weight excluding hydrogens is 298 g/mol. The quantitative estimate of drug-likeness (QED) is 0.688. The summed E-state index contributed by atoms with van der Waals surface area (Å²) >= 11 is 3.26. The lowest BCUT2D eigenvalue weighted by atomic mass is 10.1. The summed E-state index contributed by atoms with van der Waals surface area (Å²) in [6.07, 6.45) is 1.00. The molecule has 0 bridgehead atoms. The van der Waals surface area contributed by atoms with Crippen molar-refractivity contribution in [2.45, 2.75) is 25.4 Å². The molecule has 1 aliphatic heterocycles. The second kappa shape index (κ2) is 5.24. The molecule has 18 heavy (non-hydrogen) atoms. The van der Waals surface area contributed by atoms with Crippen molar-refractivity contribution in [3.8, 4) is 0 Å². The third-order valence-corrected chi connectivity index (χ3v) is 3.90. The van der Waals surface area contributed by atoms with Gasteiger partial charge in [0.05, 0.1) is 4.92 Å². The number of benzene rings is 1. The summed E-state index contributed by atoms with van der Waals surface area (Å²) in [7, 11) is 2.07. The van der Waals surface area contributed by atoms with E-state index in [0.717, 1.165) is 17.4 Å². The zero-order chi connectivity index (χ0) is 13.3. The Bertz CT molecular complexity index is 457. The first kappa shape index (κ1) is 13.3. The lowest BCUT2D eigenvalue weighted by Gasteiger charge is -2.14. The lowest BCUT2D eigenvalue weighted by Crippen LogP contribution is -2.25. The van der Waals surface area contributed by atoms with Crippen LogP contribution < -0.4 is 5.32 Å². The molecule has 1 heterocycles. The molecule has 0 spiro atoms. The third-order valence-electron chi connectivity index (χ3n) is 3.40. The number of hydrogen-bond acceptors (Lipinski definition) is 4. The maximum absolute atomic E-state index is 11.0. The zero-order valence-corrected chi connectivity index (χ0v) is 12.0. The van der Waals surface area contributed by atoms with Crippen LogP contribution in [0.4, 0.5) is 11.4 Å². The number of likely N-dealkylation sites (tertiary alicyclic amines) is 1. The van der Waals surface area contributed by atoms with Gasteiger partial charge in [-0.1, -0.05) is 15.9 Å². The fraction of sp³-hybridized carbons (Fsp3) is 0.500. The Morgan fingerprint density at radius 3 is 2.83 bits per heavy atom. The van der Waals surface area contributed by atoms with Crippen molar-refractivity contribution in [1.29, 1.82) is 0 Å². The number of nitrogens with zero attached hydrogens (tertiary/aromatic N) is 2. The molecule has 98 valence electrons. The summed E-state index contributed by atoms with van der Waals surface area (Å²) in [5, 5.41) is 14.3. The van der Waals surface area contributed by atoms with Gasteiger partial charge in [-0.2, -0.15) is 0 Å². The number of likely N-dealkylation sites (N-methyl/N-ethyl adjacent to an activating group) is 1. The van der Waals surface area contributed by atoms with E-state index in [1.165, 1.54) is 6.07 Å². The molecule has 1 N–H and O–H groups in total. The molecule has 0 aliphatic carbocycles. The lowest BCUT2D eigenvalue weighted by molar-refractivity contribution is -0.384. The highest BCUT2D eigenvalue weighted by atomic mass is 79.9. The van der Waals surface area contributed by atoms with Gasteiger partial charge in [-0.25, -0.2) is 0 Å². The van der Waals surface area contributed by atoms with E-state index in [4.69, 9.17) is 0 Å². The average Bonchev–Trinajstić information content (AvgIpc) is 2.60. The summed E-state index contributed by atoms with van der Waals surface area (Å²) in [5.74, 6) is 0. The summed E-state index contributed by atoms with van der Waals surface area (Å²) in [4.78, 5) is 12.9. The second-order valence-electron chi connectivity index (χ2n) is 4.78.